The van der Waals surface area contributed by atoms with Gasteiger partial charge in [-0.2, -0.15) is 0 Å². The zero-order chi connectivity index (χ0) is 15.4. The minimum atomic E-state index is -0.877. The number of aliphatic carboxylic acids is 1. The lowest BCUT2D eigenvalue weighted by molar-refractivity contribution is -0.136. The lowest BCUT2D eigenvalue weighted by Gasteiger charge is -2.12. The average molecular weight is 325 g/mol. The minimum Gasteiger partial charge on any atom is -0.481 e. The van der Waals surface area contributed by atoms with Crippen molar-refractivity contribution in [2.45, 2.75) is 31.8 Å². The van der Waals surface area contributed by atoms with Crippen LogP contribution in [0.5, 0.6) is 0 Å². The van der Waals surface area contributed by atoms with E-state index in [1.54, 1.807) is 17.8 Å². The van der Waals surface area contributed by atoms with Crippen molar-refractivity contribution in [1.82, 2.24) is 9.55 Å². The first-order chi connectivity index (χ1) is 10.0. The molecule has 2 rings (SSSR count). The predicted octanol–water partition coefficient (Wildman–Crippen LogP) is 3.96. The summed E-state index contributed by atoms with van der Waals surface area (Å²) in [7, 11) is 0. The molecule has 0 saturated carbocycles. The highest BCUT2D eigenvalue weighted by molar-refractivity contribution is 7.99. The van der Waals surface area contributed by atoms with Gasteiger partial charge >= 0.3 is 5.97 Å². The summed E-state index contributed by atoms with van der Waals surface area (Å²) < 4.78 is 1.87. The fourth-order valence-electron chi connectivity index (χ4n) is 2.06. The molecule has 0 spiro atoms. The van der Waals surface area contributed by atoms with Gasteiger partial charge in [0.15, 0.2) is 5.16 Å². The molecule has 0 aliphatic rings. The molecular formula is C15H17ClN2O2S. The van der Waals surface area contributed by atoms with Crippen molar-refractivity contribution in [2.75, 3.05) is 5.75 Å². The summed E-state index contributed by atoms with van der Waals surface area (Å²) in [5.74, 6) is 0.0475. The van der Waals surface area contributed by atoms with E-state index in [-0.39, 0.29) is 6.42 Å². The average Bonchev–Trinajstić information content (AvgIpc) is 2.73. The Kier molecular flexibility index (Phi) is 5.31. The van der Waals surface area contributed by atoms with Crippen LogP contribution in [0.3, 0.4) is 0 Å². The lowest BCUT2D eigenvalue weighted by Crippen LogP contribution is -2.09. The summed E-state index contributed by atoms with van der Waals surface area (Å²) in [5, 5.41) is 10.5. The number of para-hydroxylation sites is 1. The molecule has 0 bridgehead atoms. The van der Waals surface area contributed by atoms with E-state index in [0.29, 0.717) is 10.7 Å². The van der Waals surface area contributed by atoms with Gasteiger partial charge in [-0.25, -0.2) is 4.98 Å². The van der Waals surface area contributed by atoms with Gasteiger partial charge in [-0.1, -0.05) is 42.4 Å². The number of carboxylic acids is 1. The Morgan fingerprint density at radius 1 is 1.43 bits per heavy atom. The number of imidazole rings is 1. The van der Waals surface area contributed by atoms with Crippen molar-refractivity contribution >= 4 is 29.3 Å². The summed E-state index contributed by atoms with van der Waals surface area (Å²) in [6.07, 6.45) is 0.949. The molecule has 1 heterocycles. The Balaban J connectivity index is 2.58. The van der Waals surface area contributed by atoms with Crippen LogP contribution >= 0.6 is 23.4 Å². The Morgan fingerprint density at radius 2 is 2.14 bits per heavy atom. The number of rotatable bonds is 6. The lowest BCUT2D eigenvalue weighted by atomic mass is 10.2. The number of aryl methyl sites for hydroxylation is 1. The van der Waals surface area contributed by atoms with Gasteiger partial charge in [0.2, 0.25) is 0 Å². The number of carbonyl (C=O) groups is 1. The number of nitrogens with zero attached hydrogens (tertiary/aromatic N) is 2. The number of carboxylic acid groups (broad SMARTS) is 1. The van der Waals surface area contributed by atoms with Crippen LogP contribution in [-0.2, 0) is 11.2 Å². The van der Waals surface area contributed by atoms with E-state index in [0.717, 1.165) is 28.7 Å². The van der Waals surface area contributed by atoms with Crippen LogP contribution in [0.25, 0.3) is 5.69 Å². The first-order valence-corrected chi connectivity index (χ1v) is 8.08. The molecule has 0 aliphatic carbocycles. The van der Waals surface area contributed by atoms with Crippen molar-refractivity contribution in [2.24, 2.45) is 0 Å². The molecular weight excluding hydrogens is 308 g/mol. The van der Waals surface area contributed by atoms with Gasteiger partial charge in [0.25, 0.3) is 0 Å². The largest absolute Gasteiger partial charge is 0.481 e. The third-order valence-electron chi connectivity index (χ3n) is 2.99. The second-order valence-electron chi connectivity index (χ2n) is 4.63. The number of thioether (sulfide) groups is 1. The van der Waals surface area contributed by atoms with Crippen molar-refractivity contribution in [1.29, 1.82) is 0 Å². The van der Waals surface area contributed by atoms with E-state index in [2.05, 4.69) is 11.9 Å². The highest BCUT2D eigenvalue weighted by atomic mass is 35.5. The van der Waals surface area contributed by atoms with E-state index in [4.69, 9.17) is 16.7 Å². The molecule has 0 saturated heterocycles. The molecule has 0 amide bonds. The molecule has 4 nitrogen and oxygen atoms in total. The number of hydrogen-bond donors (Lipinski definition) is 1. The number of hydrogen-bond acceptors (Lipinski definition) is 3. The molecule has 21 heavy (non-hydrogen) atoms. The third kappa shape index (κ3) is 3.60. The highest BCUT2D eigenvalue weighted by Crippen LogP contribution is 2.30. The van der Waals surface area contributed by atoms with Gasteiger partial charge in [0, 0.05) is 5.75 Å². The van der Waals surface area contributed by atoms with Crippen LogP contribution in [0.2, 0.25) is 5.02 Å². The summed E-state index contributed by atoms with van der Waals surface area (Å²) in [4.78, 5) is 15.7. The molecule has 6 heteroatoms. The molecule has 1 aromatic heterocycles. The van der Waals surface area contributed by atoms with E-state index in [9.17, 15) is 4.79 Å². The zero-order valence-corrected chi connectivity index (χ0v) is 13.5. The fourth-order valence-corrected chi connectivity index (χ4v) is 3.20. The fraction of sp³-hybridized carbons (Fsp3) is 0.333. The van der Waals surface area contributed by atoms with Crippen molar-refractivity contribution < 1.29 is 9.90 Å². The van der Waals surface area contributed by atoms with E-state index < -0.39 is 5.97 Å². The Hall–Kier alpha value is -1.46. The second kappa shape index (κ2) is 7.00. The quantitative estimate of drug-likeness (QED) is 0.817. The first kappa shape index (κ1) is 15.9. The highest BCUT2D eigenvalue weighted by Gasteiger charge is 2.19. The smallest absolute Gasteiger partial charge is 0.309 e. The van der Waals surface area contributed by atoms with Gasteiger partial charge in [0.05, 0.1) is 28.5 Å². The number of benzene rings is 1. The molecule has 0 radical (unpaired) electrons. The summed E-state index contributed by atoms with van der Waals surface area (Å²) in [6, 6.07) is 7.41. The van der Waals surface area contributed by atoms with Crippen molar-refractivity contribution in [3.8, 4) is 5.69 Å². The number of aromatic nitrogens is 2. The third-order valence-corrected chi connectivity index (χ3v) is 4.45. The molecule has 0 atom stereocenters. The standard InChI is InChI=1S/C15H17ClN2O2S/c1-3-8-21-15-17-10(2)13(9-14(19)20)18(15)12-7-5-4-6-11(12)16/h4-7H,3,8-9H2,1-2H3,(H,19,20). The molecule has 0 unspecified atom stereocenters. The van der Waals surface area contributed by atoms with Crippen LogP contribution in [0.15, 0.2) is 29.4 Å². The van der Waals surface area contributed by atoms with Crippen LogP contribution in [0, 0.1) is 6.92 Å². The van der Waals surface area contributed by atoms with Crippen LogP contribution in [0.4, 0.5) is 0 Å². The maximum absolute atomic E-state index is 11.1. The second-order valence-corrected chi connectivity index (χ2v) is 6.10. The summed E-state index contributed by atoms with van der Waals surface area (Å²) >= 11 is 7.89. The molecule has 112 valence electrons. The summed E-state index contributed by atoms with van der Waals surface area (Å²) in [5.41, 5.74) is 2.18. The van der Waals surface area contributed by atoms with Crippen molar-refractivity contribution in [3.05, 3.63) is 40.7 Å². The van der Waals surface area contributed by atoms with Crippen LogP contribution in [-0.4, -0.2) is 26.4 Å². The SMILES string of the molecule is CCCSc1nc(C)c(CC(=O)O)n1-c1ccccc1Cl. The van der Waals surface area contributed by atoms with Gasteiger partial charge in [-0.15, -0.1) is 0 Å². The molecule has 1 aromatic carbocycles. The Morgan fingerprint density at radius 3 is 2.76 bits per heavy atom. The Labute approximate surface area is 133 Å². The van der Waals surface area contributed by atoms with E-state index in [1.165, 1.54) is 0 Å². The monoisotopic (exact) mass is 324 g/mol. The van der Waals surface area contributed by atoms with E-state index in [1.807, 2.05) is 29.7 Å². The zero-order valence-electron chi connectivity index (χ0n) is 12.0. The van der Waals surface area contributed by atoms with Crippen LogP contribution in [0.1, 0.15) is 24.7 Å². The van der Waals surface area contributed by atoms with Gasteiger partial charge in [-0.3, -0.25) is 9.36 Å². The topological polar surface area (TPSA) is 55.1 Å². The maximum Gasteiger partial charge on any atom is 0.309 e. The normalized spacial score (nSPS) is 10.8. The summed E-state index contributed by atoms with van der Waals surface area (Å²) in [6.45, 7) is 3.93. The van der Waals surface area contributed by atoms with Crippen molar-refractivity contribution in [3.63, 3.8) is 0 Å². The van der Waals surface area contributed by atoms with E-state index >= 15 is 0 Å². The van der Waals surface area contributed by atoms with Gasteiger partial charge in [0.1, 0.15) is 0 Å². The Bertz CT molecular complexity index is 655. The molecule has 2 aromatic rings. The predicted molar refractivity (Wildman–Crippen MR) is 85.7 cm³/mol. The number of halogens is 1. The van der Waals surface area contributed by atoms with Crippen LogP contribution < -0.4 is 0 Å². The minimum absolute atomic E-state index is 0.0727. The van der Waals surface area contributed by atoms with Gasteiger partial charge in [-0.05, 0) is 25.5 Å². The molecule has 1 N–H and O–H groups in total. The maximum atomic E-state index is 11.1. The molecule has 0 aliphatic heterocycles. The molecule has 0 fully saturated rings. The van der Waals surface area contributed by atoms with Gasteiger partial charge < -0.3 is 5.11 Å². The first-order valence-electron chi connectivity index (χ1n) is 6.72.